The number of rotatable bonds is 3. The molecule has 2 aliphatic rings. The fraction of sp³-hybridized carbons (Fsp3) is 0.417. The van der Waals surface area contributed by atoms with Crippen LogP contribution in [0.2, 0.25) is 0 Å². The molecule has 0 atom stereocenters. The van der Waals surface area contributed by atoms with E-state index in [2.05, 4.69) is 49.2 Å². The average molecular weight is 414 g/mol. The highest BCUT2D eigenvalue weighted by Gasteiger charge is 2.24. The average Bonchev–Trinajstić information content (AvgIpc) is 3.13. The Morgan fingerprint density at radius 1 is 1.06 bits per heavy atom. The Kier molecular flexibility index (Phi) is 4.56. The second-order valence-corrected chi connectivity index (χ2v) is 8.99. The normalized spacial score (nSPS) is 21.3. The molecule has 2 N–H and O–H groups in total. The van der Waals surface area contributed by atoms with E-state index in [4.69, 9.17) is 4.98 Å². The molecule has 4 aromatic rings. The van der Waals surface area contributed by atoms with Gasteiger partial charge in [-0.1, -0.05) is 6.92 Å². The third-order valence-electron chi connectivity index (χ3n) is 6.87. The van der Waals surface area contributed by atoms with E-state index in [-0.39, 0.29) is 0 Å². The molecule has 1 fully saturated rings. The van der Waals surface area contributed by atoms with Crippen molar-refractivity contribution >= 4 is 33.6 Å². The standard InChI is InChI=1S/C24H27N7/c1-15-2-4-18(5-3-15)31-22-14-26-8-6-19(22)20-13-28-24(30-23(20)31)29-17-10-16-11-25-9-7-21(16)27-12-17/h6,8,10,12-15,18,25H,2-5,7,9,11H2,1H3,(H,28,29,30). The molecule has 7 nitrogen and oxygen atoms in total. The van der Waals surface area contributed by atoms with E-state index in [1.807, 2.05) is 24.8 Å². The monoisotopic (exact) mass is 413 g/mol. The van der Waals surface area contributed by atoms with Gasteiger partial charge in [-0.3, -0.25) is 9.97 Å². The molecule has 5 heterocycles. The predicted octanol–water partition coefficient (Wildman–Crippen LogP) is 4.52. The second-order valence-electron chi connectivity index (χ2n) is 8.99. The minimum Gasteiger partial charge on any atom is -0.323 e. The third-order valence-corrected chi connectivity index (χ3v) is 6.87. The number of hydrogen-bond acceptors (Lipinski definition) is 6. The number of nitrogens with one attached hydrogen (secondary N) is 2. The number of fused-ring (bicyclic) bond motifs is 4. The molecule has 1 saturated carbocycles. The lowest BCUT2D eigenvalue weighted by atomic mass is 9.87. The first kappa shape index (κ1) is 18.7. The molecule has 0 unspecified atom stereocenters. The van der Waals surface area contributed by atoms with Gasteiger partial charge in [0.25, 0.3) is 0 Å². The Labute approximate surface area is 181 Å². The number of pyridine rings is 2. The molecule has 0 saturated heterocycles. The summed E-state index contributed by atoms with van der Waals surface area (Å²) in [5.41, 5.74) is 5.50. The minimum atomic E-state index is 0.458. The smallest absolute Gasteiger partial charge is 0.229 e. The lowest BCUT2D eigenvalue weighted by molar-refractivity contribution is 0.298. The van der Waals surface area contributed by atoms with Gasteiger partial charge in [-0.25, -0.2) is 4.98 Å². The number of nitrogens with zero attached hydrogens (tertiary/aromatic N) is 5. The molecule has 1 aliphatic carbocycles. The molecule has 158 valence electrons. The maximum absolute atomic E-state index is 4.98. The third kappa shape index (κ3) is 3.33. The maximum atomic E-state index is 4.98. The molecule has 0 radical (unpaired) electrons. The van der Waals surface area contributed by atoms with Gasteiger partial charge >= 0.3 is 0 Å². The zero-order valence-corrected chi connectivity index (χ0v) is 17.8. The highest BCUT2D eigenvalue weighted by atomic mass is 15.2. The summed E-state index contributed by atoms with van der Waals surface area (Å²) >= 11 is 0. The fourth-order valence-corrected chi connectivity index (χ4v) is 5.14. The Balaban J connectivity index is 1.41. The number of aromatic nitrogens is 5. The van der Waals surface area contributed by atoms with E-state index < -0.39 is 0 Å². The van der Waals surface area contributed by atoms with Crippen LogP contribution in [0.25, 0.3) is 21.9 Å². The Morgan fingerprint density at radius 3 is 2.87 bits per heavy atom. The second kappa shape index (κ2) is 7.57. The fourth-order valence-electron chi connectivity index (χ4n) is 5.14. The molecule has 4 aromatic heterocycles. The van der Waals surface area contributed by atoms with Crippen molar-refractivity contribution < 1.29 is 0 Å². The molecule has 6 rings (SSSR count). The van der Waals surface area contributed by atoms with Crippen LogP contribution in [0.15, 0.2) is 36.9 Å². The van der Waals surface area contributed by atoms with Gasteiger partial charge < -0.3 is 15.2 Å². The molecule has 0 aromatic carbocycles. The van der Waals surface area contributed by atoms with Gasteiger partial charge in [0.05, 0.1) is 23.6 Å². The first-order chi connectivity index (χ1) is 15.3. The zero-order chi connectivity index (χ0) is 20.8. The van der Waals surface area contributed by atoms with Crippen LogP contribution in [-0.4, -0.2) is 31.0 Å². The van der Waals surface area contributed by atoms with Gasteiger partial charge in [-0.2, -0.15) is 4.98 Å². The Morgan fingerprint density at radius 2 is 1.97 bits per heavy atom. The number of anilines is 2. The van der Waals surface area contributed by atoms with E-state index in [0.29, 0.717) is 12.0 Å². The SMILES string of the molecule is CC1CCC(n2c3cnccc3c3cnc(Nc4cnc5c(c4)CNCC5)nc32)CC1. The maximum Gasteiger partial charge on any atom is 0.229 e. The van der Waals surface area contributed by atoms with Crippen LogP contribution < -0.4 is 10.6 Å². The molecule has 0 spiro atoms. The summed E-state index contributed by atoms with van der Waals surface area (Å²) in [6.07, 6.45) is 13.5. The molecular weight excluding hydrogens is 386 g/mol. The van der Waals surface area contributed by atoms with Gasteiger partial charge in [0.15, 0.2) is 0 Å². The van der Waals surface area contributed by atoms with Crippen molar-refractivity contribution in [1.82, 2.24) is 29.8 Å². The van der Waals surface area contributed by atoms with Crippen molar-refractivity contribution in [3.63, 3.8) is 0 Å². The van der Waals surface area contributed by atoms with E-state index in [0.717, 1.165) is 47.7 Å². The lowest BCUT2D eigenvalue weighted by Gasteiger charge is -2.28. The van der Waals surface area contributed by atoms with E-state index in [1.165, 1.54) is 42.3 Å². The zero-order valence-electron chi connectivity index (χ0n) is 17.8. The summed E-state index contributed by atoms with van der Waals surface area (Å²) in [4.78, 5) is 18.7. The van der Waals surface area contributed by atoms with Crippen molar-refractivity contribution in [2.75, 3.05) is 11.9 Å². The topological polar surface area (TPSA) is 80.5 Å². The van der Waals surface area contributed by atoms with Crippen molar-refractivity contribution in [3.05, 3.63) is 48.2 Å². The van der Waals surface area contributed by atoms with E-state index >= 15 is 0 Å². The highest BCUT2D eigenvalue weighted by molar-refractivity contribution is 6.06. The predicted molar refractivity (Wildman–Crippen MR) is 122 cm³/mol. The van der Waals surface area contributed by atoms with Crippen LogP contribution in [-0.2, 0) is 13.0 Å². The Hall–Kier alpha value is -3.06. The molecule has 0 amide bonds. The summed E-state index contributed by atoms with van der Waals surface area (Å²) in [6, 6.07) is 4.69. The largest absolute Gasteiger partial charge is 0.323 e. The van der Waals surface area contributed by atoms with Crippen molar-refractivity contribution in [3.8, 4) is 0 Å². The Bertz CT molecular complexity index is 1250. The highest BCUT2D eigenvalue weighted by Crippen LogP contribution is 2.38. The van der Waals surface area contributed by atoms with Gasteiger partial charge in [-0.05, 0) is 49.3 Å². The molecule has 7 heteroatoms. The summed E-state index contributed by atoms with van der Waals surface area (Å²) in [5.74, 6) is 1.42. The molecule has 0 bridgehead atoms. The van der Waals surface area contributed by atoms with Crippen LogP contribution >= 0.6 is 0 Å². The summed E-state index contributed by atoms with van der Waals surface area (Å²) < 4.78 is 2.41. The van der Waals surface area contributed by atoms with E-state index in [9.17, 15) is 0 Å². The summed E-state index contributed by atoms with van der Waals surface area (Å²) in [6.45, 7) is 4.21. The first-order valence-electron chi connectivity index (χ1n) is 11.3. The van der Waals surface area contributed by atoms with Gasteiger partial charge in [0, 0.05) is 54.4 Å². The summed E-state index contributed by atoms with van der Waals surface area (Å²) in [5, 5.41) is 9.07. The molecule has 31 heavy (non-hydrogen) atoms. The van der Waals surface area contributed by atoms with Crippen molar-refractivity contribution in [2.45, 2.75) is 51.6 Å². The van der Waals surface area contributed by atoms with Gasteiger partial charge in [-0.15, -0.1) is 0 Å². The van der Waals surface area contributed by atoms with Crippen LogP contribution in [0.5, 0.6) is 0 Å². The minimum absolute atomic E-state index is 0.458. The van der Waals surface area contributed by atoms with Crippen LogP contribution in [0, 0.1) is 5.92 Å². The van der Waals surface area contributed by atoms with E-state index in [1.54, 1.807) is 0 Å². The van der Waals surface area contributed by atoms with Crippen molar-refractivity contribution in [2.24, 2.45) is 5.92 Å². The van der Waals surface area contributed by atoms with Gasteiger partial charge in [0.2, 0.25) is 5.95 Å². The first-order valence-corrected chi connectivity index (χ1v) is 11.3. The van der Waals surface area contributed by atoms with Crippen LogP contribution in [0.3, 0.4) is 0 Å². The molecular formula is C24H27N7. The van der Waals surface area contributed by atoms with Crippen molar-refractivity contribution in [1.29, 1.82) is 0 Å². The lowest BCUT2D eigenvalue weighted by Crippen LogP contribution is -2.24. The summed E-state index contributed by atoms with van der Waals surface area (Å²) in [7, 11) is 0. The van der Waals surface area contributed by atoms with Gasteiger partial charge in [0.1, 0.15) is 5.65 Å². The number of hydrogen-bond donors (Lipinski definition) is 2. The quantitative estimate of drug-likeness (QED) is 0.514. The van der Waals surface area contributed by atoms with Crippen LogP contribution in [0.4, 0.5) is 11.6 Å². The van der Waals surface area contributed by atoms with Crippen LogP contribution in [0.1, 0.15) is 49.9 Å². The molecule has 1 aliphatic heterocycles.